The maximum atomic E-state index is 12.0. The molecule has 2 aromatic rings. The van der Waals surface area contributed by atoms with E-state index in [4.69, 9.17) is 0 Å². The first-order valence-corrected chi connectivity index (χ1v) is 6.31. The van der Waals surface area contributed by atoms with Gasteiger partial charge in [-0.15, -0.1) is 6.58 Å². The highest BCUT2D eigenvalue weighted by atomic mass is 16.1. The molecule has 0 bridgehead atoms. The molecule has 0 unspecified atom stereocenters. The van der Waals surface area contributed by atoms with E-state index >= 15 is 0 Å². The van der Waals surface area contributed by atoms with E-state index in [-0.39, 0.29) is 5.91 Å². The fourth-order valence-electron chi connectivity index (χ4n) is 1.84. The van der Waals surface area contributed by atoms with Crippen LogP contribution < -0.4 is 5.32 Å². The van der Waals surface area contributed by atoms with Gasteiger partial charge in [-0.2, -0.15) is 0 Å². The minimum Gasteiger partial charge on any atom is -0.348 e. The molecule has 0 fully saturated rings. The molecule has 2 aromatic carbocycles. The minimum absolute atomic E-state index is 0.0472. The van der Waals surface area contributed by atoms with E-state index in [2.05, 4.69) is 11.9 Å². The second-order valence-electron chi connectivity index (χ2n) is 4.36. The Kier molecular flexibility index (Phi) is 4.51. The van der Waals surface area contributed by atoms with Gasteiger partial charge < -0.3 is 5.32 Å². The largest absolute Gasteiger partial charge is 0.348 e. The van der Waals surface area contributed by atoms with Gasteiger partial charge in [0.05, 0.1) is 0 Å². The molecule has 0 heterocycles. The van der Waals surface area contributed by atoms with Crippen LogP contribution in [0.1, 0.15) is 21.5 Å². The Labute approximate surface area is 113 Å². The van der Waals surface area contributed by atoms with Crippen molar-refractivity contribution in [2.75, 3.05) is 0 Å². The number of benzene rings is 2. The molecule has 0 saturated heterocycles. The van der Waals surface area contributed by atoms with Crippen LogP contribution in [0.15, 0.2) is 67.3 Å². The molecule has 2 heteroatoms. The van der Waals surface area contributed by atoms with Crippen LogP contribution in [0.5, 0.6) is 0 Å². The van der Waals surface area contributed by atoms with Crippen molar-refractivity contribution in [3.63, 3.8) is 0 Å². The third kappa shape index (κ3) is 3.81. The third-order valence-electron chi connectivity index (χ3n) is 2.89. The molecule has 0 aromatic heterocycles. The molecule has 1 amide bonds. The van der Waals surface area contributed by atoms with Gasteiger partial charge in [-0.05, 0) is 29.7 Å². The normalized spacial score (nSPS) is 9.89. The number of carbonyl (C=O) groups excluding carboxylic acids is 1. The van der Waals surface area contributed by atoms with Gasteiger partial charge in [-0.3, -0.25) is 4.79 Å². The topological polar surface area (TPSA) is 29.1 Å². The van der Waals surface area contributed by atoms with Crippen LogP contribution >= 0.6 is 0 Å². The van der Waals surface area contributed by atoms with Crippen LogP contribution in [-0.2, 0) is 13.0 Å². The maximum absolute atomic E-state index is 12.0. The molecule has 0 aliphatic rings. The van der Waals surface area contributed by atoms with Gasteiger partial charge in [0.1, 0.15) is 0 Å². The van der Waals surface area contributed by atoms with Gasteiger partial charge in [-0.25, -0.2) is 0 Å². The Morgan fingerprint density at radius 1 is 1.00 bits per heavy atom. The molecular formula is C17H17NO. The average Bonchev–Trinajstić information content (AvgIpc) is 2.47. The highest BCUT2D eigenvalue weighted by Crippen LogP contribution is 2.06. The van der Waals surface area contributed by atoms with Gasteiger partial charge in [0.15, 0.2) is 0 Å². The molecule has 0 aliphatic heterocycles. The van der Waals surface area contributed by atoms with Crippen LogP contribution in [0.2, 0.25) is 0 Å². The summed E-state index contributed by atoms with van der Waals surface area (Å²) in [4.78, 5) is 12.0. The standard InChI is InChI=1S/C17H17NO/c1-2-6-14-9-11-16(12-10-14)17(19)18-13-15-7-4-3-5-8-15/h2-5,7-12H,1,6,13H2,(H,18,19). The molecular weight excluding hydrogens is 234 g/mol. The minimum atomic E-state index is -0.0472. The molecule has 1 N–H and O–H groups in total. The lowest BCUT2D eigenvalue weighted by Gasteiger charge is -2.06. The highest BCUT2D eigenvalue weighted by Gasteiger charge is 2.04. The van der Waals surface area contributed by atoms with Crippen LogP contribution in [0, 0.1) is 0 Å². The van der Waals surface area contributed by atoms with E-state index in [0.29, 0.717) is 12.1 Å². The summed E-state index contributed by atoms with van der Waals surface area (Å²) < 4.78 is 0. The van der Waals surface area contributed by atoms with Crippen molar-refractivity contribution < 1.29 is 4.79 Å². The fourth-order valence-corrected chi connectivity index (χ4v) is 1.84. The summed E-state index contributed by atoms with van der Waals surface area (Å²) in [6.07, 6.45) is 2.68. The Balaban J connectivity index is 1.94. The number of hydrogen-bond donors (Lipinski definition) is 1. The van der Waals surface area contributed by atoms with E-state index in [9.17, 15) is 4.79 Å². The molecule has 0 radical (unpaired) electrons. The molecule has 0 atom stereocenters. The molecule has 19 heavy (non-hydrogen) atoms. The maximum Gasteiger partial charge on any atom is 0.251 e. The van der Waals surface area contributed by atoms with E-state index in [1.165, 1.54) is 0 Å². The van der Waals surface area contributed by atoms with Crippen LogP contribution in [0.4, 0.5) is 0 Å². The third-order valence-corrected chi connectivity index (χ3v) is 2.89. The summed E-state index contributed by atoms with van der Waals surface area (Å²) in [7, 11) is 0. The van der Waals surface area contributed by atoms with Crippen molar-refractivity contribution in [3.8, 4) is 0 Å². The number of nitrogens with one attached hydrogen (secondary N) is 1. The van der Waals surface area contributed by atoms with Crippen molar-refractivity contribution in [1.29, 1.82) is 0 Å². The number of carbonyl (C=O) groups is 1. The zero-order valence-electron chi connectivity index (χ0n) is 10.8. The summed E-state index contributed by atoms with van der Waals surface area (Å²) in [5.41, 5.74) is 2.94. The number of hydrogen-bond acceptors (Lipinski definition) is 1. The summed E-state index contributed by atoms with van der Waals surface area (Å²) >= 11 is 0. The van der Waals surface area contributed by atoms with Crippen molar-refractivity contribution >= 4 is 5.91 Å². The lowest BCUT2D eigenvalue weighted by atomic mass is 10.1. The predicted molar refractivity (Wildman–Crippen MR) is 78.0 cm³/mol. The fraction of sp³-hybridized carbons (Fsp3) is 0.118. The Hall–Kier alpha value is -2.35. The van der Waals surface area contributed by atoms with Crippen LogP contribution in [0.3, 0.4) is 0 Å². The van der Waals surface area contributed by atoms with Gasteiger partial charge in [0.25, 0.3) is 5.91 Å². The van der Waals surface area contributed by atoms with Gasteiger partial charge >= 0.3 is 0 Å². The van der Waals surface area contributed by atoms with E-state index in [1.807, 2.05) is 60.7 Å². The average molecular weight is 251 g/mol. The lowest BCUT2D eigenvalue weighted by Crippen LogP contribution is -2.22. The molecule has 0 saturated carbocycles. The van der Waals surface area contributed by atoms with E-state index < -0.39 is 0 Å². The van der Waals surface area contributed by atoms with Crippen molar-refractivity contribution in [2.45, 2.75) is 13.0 Å². The van der Waals surface area contributed by atoms with E-state index in [0.717, 1.165) is 17.5 Å². The van der Waals surface area contributed by atoms with Crippen molar-refractivity contribution in [2.24, 2.45) is 0 Å². The molecule has 0 aliphatic carbocycles. The van der Waals surface area contributed by atoms with Crippen molar-refractivity contribution in [1.82, 2.24) is 5.32 Å². The first-order valence-electron chi connectivity index (χ1n) is 6.31. The molecule has 2 rings (SSSR count). The Morgan fingerprint density at radius 2 is 1.68 bits per heavy atom. The molecule has 2 nitrogen and oxygen atoms in total. The molecule has 0 spiro atoms. The Morgan fingerprint density at radius 3 is 2.32 bits per heavy atom. The number of allylic oxidation sites excluding steroid dienone is 1. The molecule has 96 valence electrons. The lowest BCUT2D eigenvalue weighted by molar-refractivity contribution is 0.0951. The second-order valence-corrected chi connectivity index (χ2v) is 4.36. The monoisotopic (exact) mass is 251 g/mol. The summed E-state index contributed by atoms with van der Waals surface area (Å²) in [5, 5.41) is 2.91. The highest BCUT2D eigenvalue weighted by molar-refractivity contribution is 5.94. The quantitative estimate of drug-likeness (QED) is 0.811. The predicted octanol–water partition coefficient (Wildman–Crippen LogP) is 3.35. The summed E-state index contributed by atoms with van der Waals surface area (Å²) in [5.74, 6) is -0.0472. The SMILES string of the molecule is C=CCc1ccc(C(=O)NCc2ccccc2)cc1. The van der Waals surface area contributed by atoms with E-state index in [1.54, 1.807) is 0 Å². The van der Waals surface area contributed by atoms with Crippen LogP contribution in [-0.4, -0.2) is 5.91 Å². The smallest absolute Gasteiger partial charge is 0.251 e. The zero-order chi connectivity index (χ0) is 13.5. The van der Waals surface area contributed by atoms with Gasteiger partial charge in [0, 0.05) is 12.1 Å². The summed E-state index contributed by atoms with van der Waals surface area (Å²) in [6, 6.07) is 17.5. The summed E-state index contributed by atoms with van der Waals surface area (Å²) in [6.45, 7) is 4.25. The van der Waals surface area contributed by atoms with Crippen molar-refractivity contribution in [3.05, 3.63) is 83.9 Å². The Bertz CT molecular complexity index is 543. The van der Waals surface area contributed by atoms with Gasteiger partial charge in [0.2, 0.25) is 0 Å². The van der Waals surface area contributed by atoms with Gasteiger partial charge in [-0.1, -0.05) is 48.5 Å². The van der Waals surface area contributed by atoms with Crippen LogP contribution in [0.25, 0.3) is 0 Å². The zero-order valence-corrected chi connectivity index (χ0v) is 10.8. The first-order chi connectivity index (χ1) is 9.29. The number of amides is 1. The first kappa shape index (κ1) is 13.1. The number of rotatable bonds is 5. The second kappa shape index (κ2) is 6.55.